The number of amides is 1. The topological polar surface area (TPSA) is 51.5 Å². The van der Waals surface area contributed by atoms with Crippen LogP contribution < -0.4 is 10.1 Å². The first-order chi connectivity index (χ1) is 10.8. The van der Waals surface area contributed by atoms with Crippen LogP contribution in [0, 0.1) is 0 Å². The minimum atomic E-state index is -0.128. The molecule has 112 valence electrons. The molecule has 0 spiro atoms. The number of furan rings is 1. The third-order valence-electron chi connectivity index (χ3n) is 3.39. The molecular formula is C18H17NO3. The first kappa shape index (κ1) is 14.2. The maximum absolute atomic E-state index is 11.7. The number of rotatable bonds is 6. The number of fused-ring (bicyclic) bond motifs is 1. The Kier molecular flexibility index (Phi) is 4.39. The van der Waals surface area contributed by atoms with Crippen LogP contribution in [0.15, 0.2) is 65.3 Å². The summed E-state index contributed by atoms with van der Waals surface area (Å²) in [6, 6.07) is 17.2. The van der Waals surface area contributed by atoms with E-state index in [0.29, 0.717) is 12.3 Å². The Morgan fingerprint density at radius 3 is 2.68 bits per heavy atom. The van der Waals surface area contributed by atoms with Crippen LogP contribution in [0.2, 0.25) is 0 Å². The van der Waals surface area contributed by atoms with Crippen molar-refractivity contribution in [2.75, 3.05) is 13.2 Å². The van der Waals surface area contributed by atoms with Gasteiger partial charge in [0.25, 0.3) is 5.91 Å². The van der Waals surface area contributed by atoms with Crippen LogP contribution in [0.3, 0.4) is 0 Å². The summed E-state index contributed by atoms with van der Waals surface area (Å²) >= 11 is 0. The van der Waals surface area contributed by atoms with Gasteiger partial charge in [0.05, 0.1) is 6.26 Å². The molecule has 0 aliphatic carbocycles. The Morgan fingerprint density at radius 1 is 1.05 bits per heavy atom. The van der Waals surface area contributed by atoms with Crippen LogP contribution in [-0.2, 0) is 11.2 Å². The van der Waals surface area contributed by atoms with Crippen LogP contribution in [-0.4, -0.2) is 19.1 Å². The van der Waals surface area contributed by atoms with Gasteiger partial charge in [-0.2, -0.15) is 0 Å². The van der Waals surface area contributed by atoms with E-state index in [4.69, 9.17) is 9.15 Å². The second-order valence-corrected chi connectivity index (χ2v) is 4.96. The molecule has 1 heterocycles. The van der Waals surface area contributed by atoms with Crippen molar-refractivity contribution in [3.05, 3.63) is 66.4 Å². The minimum Gasteiger partial charge on any atom is -0.484 e. The highest BCUT2D eigenvalue weighted by Gasteiger charge is 2.06. The normalized spacial score (nSPS) is 10.5. The molecule has 1 aromatic heterocycles. The van der Waals surface area contributed by atoms with E-state index in [1.807, 2.05) is 54.6 Å². The molecule has 0 saturated heterocycles. The molecule has 0 radical (unpaired) electrons. The molecule has 0 atom stereocenters. The van der Waals surface area contributed by atoms with E-state index in [-0.39, 0.29) is 12.5 Å². The van der Waals surface area contributed by atoms with Gasteiger partial charge in [-0.25, -0.2) is 0 Å². The maximum atomic E-state index is 11.7. The summed E-state index contributed by atoms with van der Waals surface area (Å²) in [5.74, 6) is 0.565. The van der Waals surface area contributed by atoms with Crippen molar-refractivity contribution in [1.29, 1.82) is 0 Å². The maximum Gasteiger partial charge on any atom is 0.257 e. The zero-order valence-electron chi connectivity index (χ0n) is 12.1. The van der Waals surface area contributed by atoms with E-state index in [0.717, 1.165) is 23.0 Å². The smallest absolute Gasteiger partial charge is 0.257 e. The Labute approximate surface area is 128 Å². The summed E-state index contributed by atoms with van der Waals surface area (Å²) in [4.78, 5) is 11.7. The predicted molar refractivity (Wildman–Crippen MR) is 84.9 cm³/mol. The fourth-order valence-electron chi connectivity index (χ4n) is 2.28. The average Bonchev–Trinajstić information content (AvgIpc) is 2.97. The molecular weight excluding hydrogens is 278 g/mol. The van der Waals surface area contributed by atoms with Crippen molar-refractivity contribution in [2.45, 2.75) is 6.42 Å². The summed E-state index contributed by atoms with van der Waals surface area (Å²) < 4.78 is 10.9. The molecule has 4 nitrogen and oxygen atoms in total. The van der Waals surface area contributed by atoms with Gasteiger partial charge >= 0.3 is 0 Å². The molecule has 1 amide bonds. The van der Waals surface area contributed by atoms with Gasteiger partial charge in [0.15, 0.2) is 6.61 Å². The lowest BCUT2D eigenvalue weighted by atomic mass is 10.1. The van der Waals surface area contributed by atoms with E-state index in [1.165, 1.54) is 0 Å². The molecule has 0 unspecified atom stereocenters. The zero-order chi connectivity index (χ0) is 15.2. The third-order valence-corrected chi connectivity index (χ3v) is 3.39. The lowest BCUT2D eigenvalue weighted by Gasteiger charge is -2.07. The highest BCUT2D eigenvalue weighted by molar-refractivity contribution is 5.81. The molecule has 0 aliphatic rings. The highest BCUT2D eigenvalue weighted by Crippen LogP contribution is 2.20. The Balaban J connectivity index is 1.45. The summed E-state index contributed by atoms with van der Waals surface area (Å²) in [7, 11) is 0. The van der Waals surface area contributed by atoms with E-state index >= 15 is 0 Å². The number of hydrogen-bond donors (Lipinski definition) is 1. The first-order valence-corrected chi connectivity index (χ1v) is 7.22. The van der Waals surface area contributed by atoms with Crippen molar-refractivity contribution in [3.8, 4) is 5.75 Å². The van der Waals surface area contributed by atoms with Gasteiger partial charge in [-0.05, 0) is 30.2 Å². The fourth-order valence-corrected chi connectivity index (χ4v) is 2.28. The number of benzene rings is 2. The number of carbonyl (C=O) groups is 1. The van der Waals surface area contributed by atoms with Gasteiger partial charge in [-0.3, -0.25) is 4.79 Å². The molecule has 3 aromatic rings. The molecule has 4 heteroatoms. The van der Waals surface area contributed by atoms with Crippen LogP contribution in [0.1, 0.15) is 5.56 Å². The Hall–Kier alpha value is -2.75. The average molecular weight is 295 g/mol. The molecule has 1 N–H and O–H groups in total. The number of carbonyl (C=O) groups excluding carboxylic acids is 1. The summed E-state index contributed by atoms with van der Waals surface area (Å²) in [6.45, 7) is 0.580. The first-order valence-electron chi connectivity index (χ1n) is 7.22. The van der Waals surface area contributed by atoms with E-state index in [9.17, 15) is 4.79 Å². The van der Waals surface area contributed by atoms with Gasteiger partial charge in [0, 0.05) is 11.9 Å². The van der Waals surface area contributed by atoms with Crippen molar-refractivity contribution in [1.82, 2.24) is 5.32 Å². The van der Waals surface area contributed by atoms with E-state index in [1.54, 1.807) is 6.26 Å². The van der Waals surface area contributed by atoms with Crippen LogP contribution in [0.5, 0.6) is 5.75 Å². The van der Waals surface area contributed by atoms with E-state index in [2.05, 4.69) is 5.32 Å². The lowest BCUT2D eigenvalue weighted by Crippen LogP contribution is -2.30. The van der Waals surface area contributed by atoms with Crippen LogP contribution in [0.4, 0.5) is 0 Å². The van der Waals surface area contributed by atoms with Crippen molar-refractivity contribution < 1.29 is 13.9 Å². The number of nitrogens with one attached hydrogen (secondary N) is 1. The predicted octanol–water partition coefficient (Wildman–Crippen LogP) is 3.17. The van der Waals surface area contributed by atoms with Crippen molar-refractivity contribution in [3.63, 3.8) is 0 Å². The molecule has 0 saturated carbocycles. The number of ether oxygens (including phenoxy) is 1. The van der Waals surface area contributed by atoms with Crippen LogP contribution >= 0.6 is 0 Å². The standard InChI is InChI=1S/C18H17NO3/c20-18(13-21-15-6-2-1-3-7-15)19-11-10-14-12-22-17-9-5-4-8-16(14)17/h1-9,12H,10-11,13H2,(H,19,20). The van der Waals surface area contributed by atoms with Gasteiger partial charge in [0.2, 0.25) is 0 Å². The largest absolute Gasteiger partial charge is 0.484 e. The quantitative estimate of drug-likeness (QED) is 0.760. The summed E-state index contributed by atoms with van der Waals surface area (Å²) in [6.07, 6.45) is 2.48. The molecule has 0 aliphatic heterocycles. The second-order valence-electron chi connectivity index (χ2n) is 4.96. The molecule has 0 fully saturated rings. The lowest BCUT2D eigenvalue weighted by molar-refractivity contribution is -0.123. The molecule has 22 heavy (non-hydrogen) atoms. The van der Waals surface area contributed by atoms with Crippen molar-refractivity contribution in [2.24, 2.45) is 0 Å². The fraction of sp³-hybridized carbons (Fsp3) is 0.167. The Bertz CT molecular complexity index is 749. The molecule has 2 aromatic carbocycles. The number of hydrogen-bond acceptors (Lipinski definition) is 3. The third kappa shape index (κ3) is 3.47. The minimum absolute atomic E-state index is 0.0240. The van der Waals surface area contributed by atoms with Gasteiger partial charge in [-0.1, -0.05) is 36.4 Å². The van der Waals surface area contributed by atoms with Crippen LogP contribution in [0.25, 0.3) is 11.0 Å². The Morgan fingerprint density at radius 2 is 1.82 bits per heavy atom. The number of para-hydroxylation sites is 2. The van der Waals surface area contributed by atoms with Gasteiger partial charge < -0.3 is 14.5 Å². The monoisotopic (exact) mass is 295 g/mol. The SMILES string of the molecule is O=C(COc1ccccc1)NCCc1coc2ccccc12. The zero-order valence-corrected chi connectivity index (χ0v) is 12.1. The molecule has 3 rings (SSSR count). The molecule has 0 bridgehead atoms. The van der Waals surface area contributed by atoms with Gasteiger partial charge in [0.1, 0.15) is 11.3 Å². The van der Waals surface area contributed by atoms with Crippen molar-refractivity contribution >= 4 is 16.9 Å². The summed E-state index contributed by atoms with van der Waals surface area (Å²) in [5.41, 5.74) is 1.97. The van der Waals surface area contributed by atoms with Gasteiger partial charge in [-0.15, -0.1) is 0 Å². The highest BCUT2D eigenvalue weighted by atomic mass is 16.5. The second kappa shape index (κ2) is 6.80. The van der Waals surface area contributed by atoms with E-state index < -0.39 is 0 Å². The summed E-state index contributed by atoms with van der Waals surface area (Å²) in [5, 5.41) is 3.94.